The molecule has 2 aromatic carbocycles. The van der Waals surface area contributed by atoms with Crippen LogP contribution in [-0.4, -0.2) is 24.3 Å². The van der Waals surface area contributed by atoms with Crippen molar-refractivity contribution in [1.82, 2.24) is 0 Å². The Morgan fingerprint density at radius 2 is 1.82 bits per heavy atom. The molecule has 4 heteroatoms. The number of hydrogen-bond acceptors (Lipinski definition) is 3. The van der Waals surface area contributed by atoms with E-state index in [-0.39, 0.29) is 0 Å². The Balaban J connectivity index is 1.92. The predicted molar refractivity (Wildman–Crippen MR) is 90.8 cm³/mol. The molecule has 22 heavy (non-hydrogen) atoms. The van der Waals surface area contributed by atoms with Crippen molar-refractivity contribution in [3.05, 3.63) is 36.4 Å². The van der Waals surface area contributed by atoms with E-state index < -0.39 is 6.16 Å². The molecular formula is C18H21O3S+. The Bertz CT molecular complexity index is 662. The molecule has 0 amide bonds. The highest BCUT2D eigenvalue weighted by atomic mass is 32.2. The zero-order valence-corrected chi connectivity index (χ0v) is 13.7. The van der Waals surface area contributed by atoms with Crippen molar-refractivity contribution in [2.24, 2.45) is 0 Å². The van der Waals surface area contributed by atoms with E-state index in [0.717, 1.165) is 11.8 Å². The topological polar surface area (TPSA) is 35.5 Å². The molecule has 116 valence electrons. The lowest BCUT2D eigenvalue weighted by Crippen LogP contribution is -2.12. The maximum Gasteiger partial charge on any atom is 0.513 e. The van der Waals surface area contributed by atoms with Crippen LogP contribution in [0.4, 0.5) is 4.79 Å². The van der Waals surface area contributed by atoms with Crippen molar-refractivity contribution < 1.29 is 14.3 Å². The summed E-state index contributed by atoms with van der Waals surface area (Å²) in [6.07, 6.45) is 2.80. The highest BCUT2D eigenvalue weighted by Gasteiger charge is 2.29. The lowest BCUT2D eigenvalue weighted by atomic mass is 10.1. The van der Waals surface area contributed by atoms with E-state index in [2.05, 4.69) is 12.1 Å². The molecule has 0 aliphatic carbocycles. The summed E-state index contributed by atoms with van der Waals surface area (Å²) in [6.45, 7) is 2.35. The average molecular weight is 317 g/mol. The van der Waals surface area contributed by atoms with Crippen molar-refractivity contribution >= 4 is 27.8 Å². The first-order valence-electron chi connectivity index (χ1n) is 7.83. The van der Waals surface area contributed by atoms with Crippen LogP contribution in [0.1, 0.15) is 26.2 Å². The minimum absolute atomic E-state index is 0.337. The average Bonchev–Trinajstić information content (AvgIpc) is 3.07. The zero-order valence-electron chi connectivity index (χ0n) is 12.8. The summed E-state index contributed by atoms with van der Waals surface area (Å²) in [7, 11) is 0.337. The van der Waals surface area contributed by atoms with Gasteiger partial charge in [-0.25, -0.2) is 4.79 Å². The summed E-state index contributed by atoms with van der Waals surface area (Å²) in [4.78, 5) is 13.1. The number of rotatable bonds is 4. The van der Waals surface area contributed by atoms with Crippen molar-refractivity contribution in [3.63, 3.8) is 0 Å². The van der Waals surface area contributed by atoms with Gasteiger partial charge in [0.1, 0.15) is 17.3 Å². The van der Waals surface area contributed by atoms with Gasteiger partial charge in [-0.05, 0) is 37.5 Å². The molecule has 1 aliphatic heterocycles. The fraction of sp³-hybridized carbons (Fsp3) is 0.389. The lowest BCUT2D eigenvalue weighted by molar-refractivity contribution is 0.0996. The van der Waals surface area contributed by atoms with E-state index in [0.29, 0.717) is 23.3 Å². The first-order chi connectivity index (χ1) is 10.8. The summed E-state index contributed by atoms with van der Waals surface area (Å²) < 4.78 is 10.4. The van der Waals surface area contributed by atoms with Crippen molar-refractivity contribution in [3.8, 4) is 5.75 Å². The van der Waals surface area contributed by atoms with E-state index in [9.17, 15) is 4.79 Å². The van der Waals surface area contributed by atoms with E-state index in [1.807, 2.05) is 31.2 Å². The molecule has 3 rings (SSSR count). The Kier molecular flexibility index (Phi) is 4.88. The van der Waals surface area contributed by atoms with Gasteiger partial charge in [0.2, 0.25) is 0 Å². The first kappa shape index (κ1) is 15.2. The Morgan fingerprint density at radius 1 is 1.09 bits per heavy atom. The monoisotopic (exact) mass is 317 g/mol. The molecule has 0 spiro atoms. The number of carbonyl (C=O) groups excluding carboxylic acids is 1. The van der Waals surface area contributed by atoms with Crippen molar-refractivity contribution in [2.45, 2.75) is 31.1 Å². The third-order valence-electron chi connectivity index (χ3n) is 3.80. The molecule has 0 N–H and O–H groups in total. The third-order valence-corrected chi connectivity index (χ3v) is 6.34. The van der Waals surface area contributed by atoms with Crippen LogP contribution in [0, 0.1) is 0 Å². The Morgan fingerprint density at radius 3 is 2.55 bits per heavy atom. The first-order valence-corrected chi connectivity index (χ1v) is 9.39. The van der Waals surface area contributed by atoms with Crippen LogP contribution >= 0.6 is 0 Å². The van der Waals surface area contributed by atoms with Gasteiger partial charge in [0.05, 0.1) is 6.61 Å². The van der Waals surface area contributed by atoms with Crippen molar-refractivity contribution in [1.29, 1.82) is 0 Å². The van der Waals surface area contributed by atoms with Gasteiger partial charge in [0.15, 0.2) is 4.90 Å². The quantitative estimate of drug-likeness (QED) is 0.472. The highest BCUT2D eigenvalue weighted by Crippen LogP contribution is 2.34. The smallest absolute Gasteiger partial charge is 0.434 e. The molecule has 0 atom stereocenters. The molecule has 0 unspecified atom stereocenters. The van der Waals surface area contributed by atoms with Gasteiger partial charge < -0.3 is 9.47 Å². The molecule has 0 radical (unpaired) electrons. The SMILES string of the molecule is CCCOC(=O)Oc1ccc([S+]2CCCC2)c2ccccc12. The molecule has 1 aliphatic rings. The molecule has 1 saturated heterocycles. The van der Waals surface area contributed by atoms with Crippen LogP contribution in [-0.2, 0) is 15.6 Å². The Labute approximate surface area is 134 Å². The van der Waals surface area contributed by atoms with Gasteiger partial charge in [0.25, 0.3) is 0 Å². The summed E-state index contributed by atoms with van der Waals surface area (Å²) in [5.74, 6) is 3.15. The van der Waals surface area contributed by atoms with E-state index in [1.54, 1.807) is 0 Å². The van der Waals surface area contributed by atoms with Crippen LogP contribution in [0.5, 0.6) is 5.75 Å². The van der Waals surface area contributed by atoms with E-state index in [1.165, 1.54) is 34.6 Å². The van der Waals surface area contributed by atoms with Crippen LogP contribution in [0.3, 0.4) is 0 Å². The maximum absolute atomic E-state index is 11.7. The van der Waals surface area contributed by atoms with Gasteiger partial charge in [0, 0.05) is 21.7 Å². The van der Waals surface area contributed by atoms with Gasteiger partial charge in [-0.2, -0.15) is 0 Å². The predicted octanol–water partition coefficient (Wildman–Crippen LogP) is 4.54. The molecule has 2 aromatic rings. The highest BCUT2D eigenvalue weighted by molar-refractivity contribution is 7.97. The summed E-state index contributed by atoms with van der Waals surface area (Å²) in [6, 6.07) is 12.2. The van der Waals surface area contributed by atoms with Crippen LogP contribution < -0.4 is 4.74 Å². The Hall–Kier alpha value is -1.68. The van der Waals surface area contributed by atoms with Crippen LogP contribution in [0.2, 0.25) is 0 Å². The second-order valence-corrected chi connectivity index (χ2v) is 7.66. The fourth-order valence-corrected chi connectivity index (χ4v) is 5.26. The number of benzene rings is 2. The summed E-state index contributed by atoms with van der Waals surface area (Å²) >= 11 is 0. The molecule has 0 saturated carbocycles. The standard InChI is InChI=1S/C18H21O3S/c1-2-11-20-18(19)21-16-9-10-17(22-12-5-6-13-22)15-8-4-3-7-14(15)16/h3-4,7-10H,2,5-6,11-13H2,1H3/q+1. The second-order valence-electron chi connectivity index (χ2n) is 5.42. The lowest BCUT2D eigenvalue weighted by Gasteiger charge is -2.10. The maximum atomic E-state index is 11.7. The van der Waals surface area contributed by atoms with Gasteiger partial charge in [-0.3, -0.25) is 0 Å². The van der Waals surface area contributed by atoms with Crippen LogP contribution in [0.25, 0.3) is 10.8 Å². The normalized spacial score (nSPS) is 15.1. The van der Waals surface area contributed by atoms with E-state index >= 15 is 0 Å². The van der Waals surface area contributed by atoms with Gasteiger partial charge in [-0.15, -0.1) is 0 Å². The number of ether oxygens (including phenoxy) is 2. The minimum Gasteiger partial charge on any atom is -0.434 e. The van der Waals surface area contributed by atoms with Gasteiger partial charge in [-0.1, -0.05) is 25.1 Å². The minimum atomic E-state index is -0.622. The number of fused-ring (bicyclic) bond motifs is 1. The molecular weight excluding hydrogens is 296 g/mol. The largest absolute Gasteiger partial charge is 0.513 e. The van der Waals surface area contributed by atoms with Crippen LogP contribution in [0.15, 0.2) is 41.3 Å². The second kappa shape index (κ2) is 7.05. The number of carbonyl (C=O) groups is 1. The molecule has 1 heterocycles. The number of hydrogen-bond donors (Lipinski definition) is 0. The molecule has 0 aromatic heterocycles. The third kappa shape index (κ3) is 3.22. The van der Waals surface area contributed by atoms with Gasteiger partial charge >= 0.3 is 6.16 Å². The molecule has 3 nitrogen and oxygen atoms in total. The zero-order chi connectivity index (χ0) is 15.4. The van der Waals surface area contributed by atoms with E-state index in [4.69, 9.17) is 9.47 Å². The molecule has 0 bridgehead atoms. The summed E-state index contributed by atoms with van der Waals surface area (Å²) in [5, 5.41) is 2.20. The van der Waals surface area contributed by atoms with Crippen molar-refractivity contribution in [2.75, 3.05) is 18.1 Å². The molecule has 1 fully saturated rings. The summed E-state index contributed by atoms with van der Waals surface area (Å²) in [5.41, 5.74) is 0. The fourth-order valence-electron chi connectivity index (χ4n) is 2.76.